The van der Waals surface area contributed by atoms with Gasteiger partial charge in [0.2, 0.25) is 10.0 Å². The maximum absolute atomic E-state index is 12.6. The molecular formula is C14H24N2O2S. The van der Waals surface area contributed by atoms with Gasteiger partial charge in [-0.05, 0) is 43.0 Å². The van der Waals surface area contributed by atoms with Gasteiger partial charge in [0, 0.05) is 19.3 Å². The molecule has 0 aliphatic rings. The molecule has 0 amide bonds. The van der Waals surface area contributed by atoms with Crippen molar-refractivity contribution in [3.05, 3.63) is 23.3 Å². The fourth-order valence-corrected chi connectivity index (χ4v) is 3.58. The maximum atomic E-state index is 12.6. The smallest absolute Gasteiger partial charge is 0.243 e. The summed E-state index contributed by atoms with van der Waals surface area (Å²) in [7, 11) is -1.84. The third kappa shape index (κ3) is 3.48. The van der Waals surface area contributed by atoms with Gasteiger partial charge in [0.25, 0.3) is 0 Å². The number of nitrogens with two attached hydrogens (primary N) is 1. The quantitative estimate of drug-likeness (QED) is 0.845. The molecule has 0 aliphatic carbocycles. The molecule has 19 heavy (non-hydrogen) atoms. The Morgan fingerprint density at radius 3 is 2.42 bits per heavy atom. The van der Waals surface area contributed by atoms with Crippen LogP contribution in [-0.2, 0) is 10.0 Å². The maximum Gasteiger partial charge on any atom is 0.243 e. The molecule has 0 bridgehead atoms. The fraction of sp³-hybridized carbons (Fsp3) is 0.571. The molecule has 0 saturated carbocycles. The van der Waals surface area contributed by atoms with Crippen LogP contribution in [0.4, 0.5) is 5.69 Å². The fourth-order valence-electron chi connectivity index (χ4n) is 1.95. The van der Waals surface area contributed by atoms with Crippen molar-refractivity contribution in [1.29, 1.82) is 0 Å². The van der Waals surface area contributed by atoms with Crippen LogP contribution >= 0.6 is 0 Å². The third-order valence-corrected chi connectivity index (χ3v) is 5.45. The first kappa shape index (κ1) is 16.0. The molecule has 0 heterocycles. The predicted molar refractivity (Wildman–Crippen MR) is 79.6 cm³/mol. The van der Waals surface area contributed by atoms with Crippen molar-refractivity contribution in [3.63, 3.8) is 0 Å². The highest BCUT2D eigenvalue weighted by Gasteiger charge is 2.24. The van der Waals surface area contributed by atoms with E-state index >= 15 is 0 Å². The average molecular weight is 284 g/mol. The van der Waals surface area contributed by atoms with E-state index in [0.717, 1.165) is 12.0 Å². The lowest BCUT2D eigenvalue weighted by Crippen LogP contribution is -2.31. The number of anilines is 1. The summed E-state index contributed by atoms with van der Waals surface area (Å²) >= 11 is 0. The second-order valence-corrected chi connectivity index (χ2v) is 7.29. The van der Waals surface area contributed by atoms with E-state index in [1.165, 1.54) is 4.31 Å². The Morgan fingerprint density at radius 1 is 1.32 bits per heavy atom. The zero-order chi connectivity index (χ0) is 14.8. The van der Waals surface area contributed by atoms with Crippen molar-refractivity contribution >= 4 is 15.7 Å². The van der Waals surface area contributed by atoms with Crippen molar-refractivity contribution in [2.24, 2.45) is 5.92 Å². The van der Waals surface area contributed by atoms with Crippen LogP contribution in [0, 0.1) is 19.8 Å². The lowest BCUT2D eigenvalue weighted by molar-refractivity contribution is 0.393. The first-order valence-corrected chi connectivity index (χ1v) is 7.97. The van der Waals surface area contributed by atoms with Crippen molar-refractivity contribution in [1.82, 2.24) is 4.31 Å². The summed E-state index contributed by atoms with van der Waals surface area (Å²) in [5, 5.41) is 0. The van der Waals surface area contributed by atoms with E-state index < -0.39 is 10.0 Å². The van der Waals surface area contributed by atoms with E-state index in [0.29, 0.717) is 28.6 Å². The SMILES string of the molecule is CCC(C)CN(C)S(=O)(=O)c1cc(C)cc(N)c1C. The van der Waals surface area contributed by atoms with Crippen LogP contribution in [0.25, 0.3) is 0 Å². The van der Waals surface area contributed by atoms with Crippen molar-refractivity contribution in [2.45, 2.75) is 39.0 Å². The summed E-state index contributed by atoms with van der Waals surface area (Å²) in [6.07, 6.45) is 0.953. The zero-order valence-electron chi connectivity index (χ0n) is 12.4. The van der Waals surface area contributed by atoms with Gasteiger partial charge in [-0.25, -0.2) is 12.7 Å². The predicted octanol–water partition coefficient (Wildman–Crippen LogP) is 2.55. The number of nitrogen functional groups attached to an aromatic ring is 1. The minimum atomic E-state index is -3.47. The number of sulfonamides is 1. The van der Waals surface area contributed by atoms with E-state index in [4.69, 9.17) is 5.73 Å². The summed E-state index contributed by atoms with van der Waals surface area (Å²) in [5.74, 6) is 0.335. The second-order valence-electron chi connectivity index (χ2n) is 5.28. The van der Waals surface area contributed by atoms with Crippen LogP contribution in [0.3, 0.4) is 0 Å². The van der Waals surface area contributed by atoms with Crippen molar-refractivity contribution in [2.75, 3.05) is 19.3 Å². The molecule has 4 nitrogen and oxygen atoms in total. The van der Waals surface area contributed by atoms with Gasteiger partial charge in [0.1, 0.15) is 0 Å². The Labute approximate surface area is 116 Å². The number of rotatable bonds is 5. The molecule has 0 aliphatic heterocycles. The average Bonchev–Trinajstić information content (AvgIpc) is 2.33. The number of aryl methyl sites for hydroxylation is 1. The molecule has 0 saturated heterocycles. The zero-order valence-corrected chi connectivity index (χ0v) is 13.2. The Balaban J connectivity index is 3.20. The molecule has 0 spiro atoms. The number of nitrogens with zero attached hydrogens (tertiary/aromatic N) is 1. The van der Waals surface area contributed by atoms with E-state index in [2.05, 4.69) is 6.92 Å². The first-order chi connectivity index (χ1) is 8.70. The van der Waals surface area contributed by atoms with Gasteiger partial charge in [-0.15, -0.1) is 0 Å². The third-order valence-electron chi connectivity index (χ3n) is 3.50. The molecule has 0 radical (unpaired) electrons. The summed E-state index contributed by atoms with van der Waals surface area (Å²) in [5.41, 5.74) is 7.87. The van der Waals surface area contributed by atoms with Gasteiger partial charge >= 0.3 is 0 Å². The van der Waals surface area contributed by atoms with Gasteiger partial charge < -0.3 is 5.73 Å². The van der Waals surface area contributed by atoms with Gasteiger partial charge in [-0.3, -0.25) is 0 Å². The largest absolute Gasteiger partial charge is 0.398 e. The van der Waals surface area contributed by atoms with Gasteiger partial charge in [0.15, 0.2) is 0 Å². The summed E-state index contributed by atoms with van der Waals surface area (Å²) in [6, 6.07) is 3.48. The Kier molecular flexibility index (Phi) is 4.98. The van der Waals surface area contributed by atoms with Gasteiger partial charge in [-0.2, -0.15) is 0 Å². The lowest BCUT2D eigenvalue weighted by atomic mass is 10.1. The lowest BCUT2D eigenvalue weighted by Gasteiger charge is -2.22. The normalized spacial score (nSPS) is 13.8. The molecule has 1 atom stereocenters. The molecule has 1 aromatic rings. The van der Waals surface area contributed by atoms with Crippen LogP contribution < -0.4 is 5.73 Å². The number of benzene rings is 1. The van der Waals surface area contributed by atoms with E-state index in [1.54, 1.807) is 26.1 Å². The van der Waals surface area contributed by atoms with E-state index in [-0.39, 0.29) is 0 Å². The minimum absolute atomic E-state index is 0.316. The summed E-state index contributed by atoms with van der Waals surface area (Å²) in [4.78, 5) is 0.316. The molecule has 108 valence electrons. The highest BCUT2D eigenvalue weighted by atomic mass is 32.2. The highest BCUT2D eigenvalue weighted by Crippen LogP contribution is 2.25. The molecule has 0 aromatic heterocycles. The monoisotopic (exact) mass is 284 g/mol. The van der Waals surface area contributed by atoms with E-state index in [9.17, 15) is 8.42 Å². The van der Waals surface area contributed by atoms with Crippen molar-refractivity contribution in [3.8, 4) is 0 Å². The molecule has 5 heteroatoms. The van der Waals surface area contributed by atoms with Crippen LogP contribution in [-0.4, -0.2) is 26.3 Å². The standard InChI is InChI=1S/C14H24N2O2S/c1-6-10(2)9-16(5)19(17,18)14-8-11(3)7-13(15)12(14)4/h7-8,10H,6,9,15H2,1-5H3. The van der Waals surface area contributed by atoms with E-state index in [1.807, 2.05) is 13.8 Å². The van der Waals surface area contributed by atoms with Crippen LogP contribution in [0.5, 0.6) is 0 Å². The highest BCUT2D eigenvalue weighted by molar-refractivity contribution is 7.89. The van der Waals surface area contributed by atoms with Gasteiger partial charge in [0.05, 0.1) is 4.90 Å². The molecule has 1 aromatic carbocycles. The first-order valence-electron chi connectivity index (χ1n) is 6.53. The topological polar surface area (TPSA) is 63.4 Å². The minimum Gasteiger partial charge on any atom is -0.398 e. The number of hydrogen-bond acceptors (Lipinski definition) is 3. The molecule has 0 fully saturated rings. The Morgan fingerprint density at radius 2 is 1.89 bits per heavy atom. The summed E-state index contributed by atoms with van der Waals surface area (Å²) in [6.45, 7) is 8.22. The van der Waals surface area contributed by atoms with Crippen molar-refractivity contribution < 1.29 is 8.42 Å². The van der Waals surface area contributed by atoms with Crippen LogP contribution in [0.15, 0.2) is 17.0 Å². The second kappa shape index (κ2) is 5.92. The van der Waals surface area contributed by atoms with Crippen LogP contribution in [0.2, 0.25) is 0 Å². The Bertz CT molecular complexity index is 553. The Hall–Kier alpha value is -1.07. The molecule has 1 unspecified atom stereocenters. The molecule has 2 N–H and O–H groups in total. The number of hydrogen-bond donors (Lipinski definition) is 1. The molecule has 1 rings (SSSR count). The van der Waals surface area contributed by atoms with Gasteiger partial charge in [-0.1, -0.05) is 20.3 Å². The molecular weight excluding hydrogens is 260 g/mol. The van der Waals surface area contributed by atoms with Crippen LogP contribution in [0.1, 0.15) is 31.4 Å². The summed E-state index contributed by atoms with van der Waals surface area (Å²) < 4.78 is 26.6.